The van der Waals surface area contributed by atoms with Crippen molar-refractivity contribution in [2.75, 3.05) is 5.32 Å². The van der Waals surface area contributed by atoms with Crippen molar-refractivity contribution in [1.82, 2.24) is 14.8 Å². The van der Waals surface area contributed by atoms with Crippen LogP contribution in [0.15, 0.2) is 35.2 Å². The minimum absolute atomic E-state index is 0.399. The number of aromatic nitrogens is 3. The molecule has 0 unspecified atom stereocenters. The van der Waals surface area contributed by atoms with E-state index in [0.29, 0.717) is 12.6 Å². The van der Waals surface area contributed by atoms with Crippen molar-refractivity contribution in [3.63, 3.8) is 0 Å². The maximum atomic E-state index is 4.47. The van der Waals surface area contributed by atoms with Gasteiger partial charge < -0.3 is 5.32 Å². The molecule has 0 aromatic carbocycles. The zero-order chi connectivity index (χ0) is 12.3. The number of nitrogens with zero attached hydrogens (tertiary/aromatic N) is 3. The van der Waals surface area contributed by atoms with Gasteiger partial charge in [-0.3, -0.25) is 9.67 Å². The molecule has 90 valence electrons. The van der Waals surface area contributed by atoms with Crippen LogP contribution in [0.4, 0.5) is 5.69 Å². The lowest BCUT2D eigenvalue weighted by Crippen LogP contribution is -2.04. The molecule has 2 aromatic rings. The van der Waals surface area contributed by atoms with Crippen molar-refractivity contribution in [2.45, 2.75) is 26.4 Å². The third kappa shape index (κ3) is 3.30. The maximum absolute atomic E-state index is 4.47. The summed E-state index contributed by atoms with van der Waals surface area (Å²) in [7, 11) is 0. The molecule has 0 amide bonds. The molecular formula is C12H15BrN4. The van der Waals surface area contributed by atoms with Crippen molar-refractivity contribution in [3.8, 4) is 0 Å². The summed E-state index contributed by atoms with van der Waals surface area (Å²) in [5.41, 5.74) is 2.01. The highest BCUT2D eigenvalue weighted by Crippen LogP contribution is 2.14. The molecule has 0 aliphatic rings. The average Bonchev–Trinajstić information content (AvgIpc) is 2.75. The predicted molar refractivity (Wildman–Crippen MR) is 71.9 cm³/mol. The number of hydrogen-bond donors (Lipinski definition) is 1. The summed E-state index contributed by atoms with van der Waals surface area (Å²) >= 11 is 3.39. The molecule has 0 aliphatic heterocycles. The van der Waals surface area contributed by atoms with E-state index in [1.165, 1.54) is 0 Å². The molecular weight excluding hydrogens is 280 g/mol. The normalized spacial score (nSPS) is 10.8. The monoisotopic (exact) mass is 294 g/mol. The number of nitrogens with one attached hydrogen (secondary N) is 1. The van der Waals surface area contributed by atoms with Gasteiger partial charge in [-0.05, 0) is 41.9 Å². The Morgan fingerprint density at radius 3 is 2.88 bits per heavy atom. The second-order valence-corrected chi connectivity index (χ2v) is 5.04. The van der Waals surface area contributed by atoms with E-state index in [1.54, 1.807) is 12.4 Å². The molecule has 0 atom stereocenters. The number of rotatable bonds is 4. The van der Waals surface area contributed by atoms with Gasteiger partial charge in [0, 0.05) is 22.9 Å². The van der Waals surface area contributed by atoms with Crippen LogP contribution in [0.5, 0.6) is 0 Å². The number of anilines is 1. The SMILES string of the molecule is CC(C)n1ccc(CNc2cncc(Br)c2)n1. The van der Waals surface area contributed by atoms with E-state index >= 15 is 0 Å². The average molecular weight is 295 g/mol. The minimum atomic E-state index is 0.399. The van der Waals surface area contributed by atoms with Gasteiger partial charge in [0.25, 0.3) is 0 Å². The molecule has 1 N–H and O–H groups in total. The fourth-order valence-corrected chi connectivity index (χ4v) is 1.83. The number of halogens is 1. The molecule has 0 spiro atoms. The van der Waals surface area contributed by atoms with E-state index in [0.717, 1.165) is 15.9 Å². The quantitative estimate of drug-likeness (QED) is 0.941. The van der Waals surface area contributed by atoms with Crippen LogP contribution in [-0.4, -0.2) is 14.8 Å². The van der Waals surface area contributed by atoms with Gasteiger partial charge in [0.15, 0.2) is 0 Å². The molecule has 0 bridgehead atoms. The Hall–Kier alpha value is -1.36. The van der Waals surface area contributed by atoms with Gasteiger partial charge >= 0.3 is 0 Å². The highest BCUT2D eigenvalue weighted by Gasteiger charge is 2.02. The lowest BCUT2D eigenvalue weighted by Gasteiger charge is -2.05. The van der Waals surface area contributed by atoms with Gasteiger partial charge in [0.1, 0.15) is 0 Å². The Kier molecular flexibility index (Phi) is 3.78. The van der Waals surface area contributed by atoms with Gasteiger partial charge in [-0.25, -0.2) is 0 Å². The van der Waals surface area contributed by atoms with E-state index < -0.39 is 0 Å². The third-order valence-electron chi connectivity index (χ3n) is 2.37. The molecule has 0 aliphatic carbocycles. The molecule has 0 saturated carbocycles. The number of pyridine rings is 1. The molecule has 0 radical (unpaired) electrons. The smallest absolute Gasteiger partial charge is 0.0815 e. The van der Waals surface area contributed by atoms with E-state index in [-0.39, 0.29) is 0 Å². The molecule has 4 nitrogen and oxygen atoms in total. The highest BCUT2D eigenvalue weighted by atomic mass is 79.9. The van der Waals surface area contributed by atoms with Crippen LogP contribution in [0.25, 0.3) is 0 Å². The molecule has 0 fully saturated rings. The Morgan fingerprint density at radius 2 is 2.24 bits per heavy atom. The molecule has 2 rings (SSSR count). The molecule has 5 heteroatoms. The largest absolute Gasteiger partial charge is 0.378 e. The third-order valence-corrected chi connectivity index (χ3v) is 2.80. The fraction of sp³-hybridized carbons (Fsp3) is 0.333. The summed E-state index contributed by atoms with van der Waals surface area (Å²) in [5, 5.41) is 7.75. The van der Waals surface area contributed by atoms with Gasteiger partial charge in [0.2, 0.25) is 0 Å². The second kappa shape index (κ2) is 5.31. The van der Waals surface area contributed by atoms with Crippen LogP contribution in [0, 0.1) is 0 Å². The summed E-state index contributed by atoms with van der Waals surface area (Å²) in [6, 6.07) is 4.42. The Bertz CT molecular complexity index is 493. The minimum Gasteiger partial charge on any atom is -0.378 e. The first kappa shape index (κ1) is 12.1. The van der Waals surface area contributed by atoms with Crippen molar-refractivity contribution >= 4 is 21.6 Å². The lowest BCUT2D eigenvalue weighted by molar-refractivity contribution is 0.527. The van der Waals surface area contributed by atoms with Gasteiger partial charge in [-0.1, -0.05) is 0 Å². The topological polar surface area (TPSA) is 42.7 Å². The number of hydrogen-bond acceptors (Lipinski definition) is 3. The van der Waals surface area contributed by atoms with E-state index in [4.69, 9.17) is 0 Å². The van der Waals surface area contributed by atoms with E-state index in [2.05, 4.69) is 45.2 Å². The van der Waals surface area contributed by atoms with Crippen LogP contribution >= 0.6 is 15.9 Å². The van der Waals surface area contributed by atoms with Crippen molar-refractivity contribution in [2.24, 2.45) is 0 Å². The van der Waals surface area contributed by atoms with Crippen molar-refractivity contribution < 1.29 is 0 Å². The Labute approximate surface area is 109 Å². The van der Waals surface area contributed by atoms with Gasteiger partial charge in [-0.15, -0.1) is 0 Å². The predicted octanol–water partition coefficient (Wildman–Crippen LogP) is 3.23. The fourth-order valence-electron chi connectivity index (χ4n) is 1.46. The molecule has 2 aromatic heterocycles. The summed E-state index contributed by atoms with van der Waals surface area (Å²) in [6.45, 7) is 4.93. The van der Waals surface area contributed by atoms with Crippen molar-refractivity contribution in [3.05, 3.63) is 40.9 Å². The van der Waals surface area contributed by atoms with Gasteiger partial charge in [-0.2, -0.15) is 5.10 Å². The second-order valence-electron chi connectivity index (χ2n) is 4.13. The summed E-state index contributed by atoms with van der Waals surface area (Å²) in [4.78, 5) is 4.09. The summed E-state index contributed by atoms with van der Waals surface area (Å²) < 4.78 is 2.92. The first-order chi connectivity index (χ1) is 8.15. The van der Waals surface area contributed by atoms with E-state index in [1.807, 2.05) is 23.0 Å². The van der Waals surface area contributed by atoms with Crippen LogP contribution in [0.3, 0.4) is 0 Å². The van der Waals surface area contributed by atoms with Crippen LogP contribution in [0.2, 0.25) is 0 Å². The first-order valence-corrected chi connectivity index (χ1v) is 6.33. The zero-order valence-electron chi connectivity index (χ0n) is 9.89. The molecule has 17 heavy (non-hydrogen) atoms. The van der Waals surface area contributed by atoms with Crippen molar-refractivity contribution in [1.29, 1.82) is 0 Å². The van der Waals surface area contributed by atoms with Crippen LogP contribution in [-0.2, 0) is 6.54 Å². The Balaban J connectivity index is 1.97. The molecule has 2 heterocycles. The zero-order valence-corrected chi connectivity index (χ0v) is 11.5. The maximum Gasteiger partial charge on any atom is 0.0815 e. The standard InChI is InChI=1S/C12H15BrN4/c1-9(2)17-4-3-11(16-17)8-15-12-5-10(13)6-14-7-12/h3-7,9,15H,8H2,1-2H3. The highest BCUT2D eigenvalue weighted by molar-refractivity contribution is 9.10. The summed E-state index contributed by atoms with van der Waals surface area (Å²) in [5.74, 6) is 0. The summed E-state index contributed by atoms with van der Waals surface area (Å²) in [6.07, 6.45) is 5.56. The van der Waals surface area contributed by atoms with E-state index in [9.17, 15) is 0 Å². The first-order valence-electron chi connectivity index (χ1n) is 5.53. The van der Waals surface area contributed by atoms with Gasteiger partial charge in [0.05, 0.1) is 24.1 Å². The van der Waals surface area contributed by atoms with Crippen LogP contribution < -0.4 is 5.32 Å². The molecule has 0 saturated heterocycles. The van der Waals surface area contributed by atoms with Crippen LogP contribution in [0.1, 0.15) is 25.6 Å². The Morgan fingerprint density at radius 1 is 1.41 bits per heavy atom. The lowest BCUT2D eigenvalue weighted by atomic mass is 10.4.